The van der Waals surface area contributed by atoms with Crippen molar-refractivity contribution < 1.29 is 0 Å². The van der Waals surface area contributed by atoms with E-state index in [1.165, 1.54) is 42.0 Å². The third-order valence-corrected chi connectivity index (χ3v) is 5.55. The maximum atomic E-state index is 6.41. The Morgan fingerprint density at radius 2 is 2.21 bits per heavy atom. The summed E-state index contributed by atoms with van der Waals surface area (Å²) in [5.74, 6) is 2.52. The molecule has 1 unspecified atom stereocenters. The van der Waals surface area contributed by atoms with Gasteiger partial charge in [-0.1, -0.05) is 17.7 Å². The predicted molar refractivity (Wildman–Crippen MR) is 85.4 cm³/mol. The number of hydrogen-bond acceptors (Lipinski definition) is 3. The fraction of sp³-hybridized carbons (Fsp3) is 0.600. The van der Waals surface area contributed by atoms with Crippen molar-refractivity contribution >= 4 is 29.1 Å². The van der Waals surface area contributed by atoms with E-state index in [-0.39, 0.29) is 0 Å². The molecular weight excluding hydrogens is 276 g/mol. The molecule has 0 bridgehead atoms. The molecule has 104 valence electrons. The number of nitrogens with zero attached hydrogens (tertiary/aromatic N) is 1. The van der Waals surface area contributed by atoms with E-state index in [0.717, 1.165) is 17.6 Å². The summed E-state index contributed by atoms with van der Waals surface area (Å²) in [6, 6.07) is 7.89. The van der Waals surface area contributed by atoms with Crippen LogP contribution in [0.5, 0.6) is 0 Å². The quantitative estimate of drug-likeness (QED) is 0.895. The van der Waals surface area contributed by atoms with Gasteiger partial charge in [0.25, 0.3) is 0 Å². The predicted octanol–water partition coefficient (Wildman–Crippen LogP) is 3.53. The van der Waals surface area contributed by atoms with Crippen LogP contribution in [0.2, 0.25) is 5.02 Å². The number of thioether (sulfide) groups is 1. The number of hydrogen-bond donors (Lipinski definition) is 1. The average Bonchev–Trinajstić information content (AvgIpc) is 3.08. The highest BCUT2D eigenvalue weighted by Gasteiger charge is 2.22. The summed E-state index contributed by atoms with van der Waals surface area (Å²) in [7, 11) is 2.18. The van der Waals surface area contributed by atoms with E-state index in [9.17, 15) is 0 Å². The summed E-state index contributed by atoms with van der Waals surface area (Å²) >= 11 is 8.46. The minimum absolute atomic E-state index is 0.663. The van der Waals surface area contributed by atoms with Gasteiger partial charge in [0.1, 0.15) is 0 Å². The SMILES string of the molecule is CN(c1ccc(CNC2CC2)c(Cl)c1)C1CCSC1. The largest absolute Gasteiger partial charge is 0.371 e. The molecule has 3 rings (SSSR count). The second-order valence-electron chi connectivity index (χ2n) is 5.56. The maximum Gasteiger partial charge on any atom is 0.0471 e. The first-order valence-electron chi connectivity index (χ1n) is 7.06. The molecule has 2 fully saturated rings. The molecular formula is C15H21ClN2S. The van der Waals surface area contributed by atoms with Gasteiger partial charge in [0.2, 0.25) is 0 Å². The van der Waals surface area contributed by atoms with Gasteiger partial charge in [-0.3, -0.25) is 0 Å². The van der Waals surface area contributed by atoms with Crippen LogP contribution in [0.4, 0.5) is 5.69 Å². The summed E-state index contributed by atoms with van der Waals surface area (Å²) in [6.45, 7) is 0.896. The first-order chi connectivity index (χ1) is 9.24. The van der Waals surface area contributed by atoms with Crippen molar-refractivity contribution in [3.8, 4) is 0 Å². The maximum absolute atomic E-state index is 6.41. The van der Waals surface area contributed by atoms with Crippen LogP contribution in [0, 0.1) is 0 Å². The van der Waals surface area contributed by atoms with Gasteiger partial charge in [0, 0.05) is 42.1 Å². The van der Waals surface area contributed by atoms with Gasteiger partial charge in [0.05, 0.1) is 0 Å². The van der Waals surface area contributed by atoms with E-state index in [4.69, 9.17) is 11.6 Å². The molecule has 2 aliphatic rings. The Hall–Kier alpha value is -0.380. The lowest BCUT2D eigenvalue weighted by Crippen LogP contribution is -2.31. The number of benzene rings is 1. The molecule has 1 aromatic carbocycles. The zero-order chi connectivity index (χ0) is 13.2. The Morgan fingerprint density at radius 3 is 2.84 bits per heavy atom. The molecule has 1 aliphatic heterocycles. The normalized spacial score (nSPS) is 22.7. The van der Waals surface area contributed by atoms with Crippen molar-refractivity contribution in [2.45, 2.75) is 37.9 Å². The van der Waals surface area contributed by atoms with Crippen molar-refractivity contribution in [3.05, 3.63) is 28.8 Å². The van der Waals surface area contributed by atoms with Gasteiger partial charge in [0.15, 0.2) is 0 Å². The van der Waals surface area contributed by atoms with Gasteiger partial charge in [-0.2, -0.15) is 11.8 Å². The van der Waals surface area contributed by atoms with E-state index in [1.807, 2.05) is 11.8 Å². The molecule has 1 heterocycles. The molecule has 0 spiro atoms. The molecule has 1 saturated carbocycles. The van der Waals surface area contributed by atoms with Crippen molar-refractivity contribution in [1.82, 2.24) is 5.32 Å². The number of rotatable bonds is 5. The van der Waals surface area contributed by atoms with Crippen LogP contribution in [0.15, 0.2) is 18.2 Å². The van der Waals surface area contributed by atoms with Crippen molar-refractivity contribution in [1.29, 1.82) is 0 Å². The van der Waals surface area contributed by atoms with E-state index < -0.39 is 0 Å². The van der Waals surface area contributed by atoms with Crippen molar-refractivity contribution in [3.63, 3.8) is 0 Å². The summed E-state index contributed by atoms with van der Waals surface area (Å²) in [6.07, 6.45) is 3.92. The highest BCUT2D eigenvalue weighted by Crippen LogP contribution is 2.29. The summed E-state index contributed by atoms with van der Waals surface area (Å²) in [5, 5.41) is 4.41. The van der Waals surface area contributed by atoms with Crippen LogP contribution in [0.3, 0.4) is 0 Å². The fourth-order valence-electron chi connectivity index (χ4n) is 2.48. The zero-order valence-electron chi connectivity index (χ0n) is 11.4. The standard InChI is InChI=1S/C15H21ClN2S/c1-18(14-6-7-19-10-14)13-5-2-11(15(16)8-13)9-17-12-3-4-12/h2,5,8,12,14,17H,3-4,6-7,9-10H2,1H3. The van der Waals surface area contributed by atoms with E-state index in [2.05, 4.69) is 35.5 Å². The molecule has 19 heavy (non-hydrogen) atoms. The number of halogens is 1. The fourth-order valence-corrected chi connectivity index (χ4v) is 3.99. The molecule has 1 saturated heterocycles. The van der Waals surface area contributed by atoms with Crippen molar-refractivity contribution in [2.24, 2.45) is 0 Å². The second kappa shape index (κ2) is 5.94. The highest BCUT2D eigenvalue weighted by atomic mass is 35.5. The summed E-state index contributed by atoms with van der Waals surface area (Å²) in [5.41, 5.74) is 2.46. The molecule has 1 atom stereocenters. The third kappa shape index (κ3) is 3.39. The smallest absolute Gasteiger partial charge is 0.0471 e. The molecule has 0 amide bonds. The van der Waals surface area contributed by atoms with Crippen molar-refractivity contribution in [2.75, 3.05) is 23.5 Å². The second-order valence-corrected chi connectivity index (χ2v) is 7.12. The molecule has 4 heteroatoms. The lowest BCUT2D eigenvalue weighted by atomic mass is 10.1. The Balaban J connectivity index is 1.66. The molecule has 0 aromatic heterocycles. The Kier molecular flexibility index (Phi) is 4.25. The van der Waals surface area contributed by atoms with Crippen LogP contribution in [0.25, 0.3) is 0 Å². The molecule has 0 radical (unpaired) electrons. The van der Waals surface area contributed by atoms with Crippen LogP contribution in [0.1, 0.15) is 24.8 Å². The minimum Gasteiger partial charge on any atom is -0.371 e. The lowest BCUT2D eigenvalue weighted by Gasteiger charge is -2.26. The topological polar surface area (TPSA) is 15.3 Å². The lowest BCUT2D eigenvalue weighted by molar-refractivity contribution is 0.686. The number of anilines is 1. The van der Waals surface area contributed by atoms with Gasteiger partial charge in [-0.15, -0.1) is 0 Å². The van der Waals surface area contributed by atoms with Crippen LogP contribution in [-0.2, 0) is 6.54 Å². The molecule has 2 nitrogen and oxygen atoms in total. The average molecular weight is 297 g/mol. The van der Waals surface area contributed by atoms with Crippen LogP contribution < -0.4 is 10.2 Å². The Morgan fingerprint density at radius 1 is 1.37 bits per heavy atom. The van der Waals surface area contributed by atoms with Gasteiger partial charge < -0.3 is 10.2 Å². The zero-order valence-corrected chi connectivity index (χ0v) is 12.9. The highest BCUT2D eigenvalue weighted by molar-refractivity contribution is 7.99. The number of nitrogens with one attached hydrogen (secondary N) is 1. The van der Waals surface area contributed by atoms with Crippen LogP contribution >= 0.6 is 23.4 Å². The summed E-state index contributed by atoms with van der Waals surface area (Å²) < 4.78 is 0. The third-order valence-electron chi connectivity index (χ3n) is 4.06. The molecule has 1 N–H and O–H groups in total. The van der Waals surface area contributed by atoms with E-state index in [1.54, 1.807) is 0 Å². The first kappa shape index (κ1) is 13.6. The van der Waals surface area contributed by atoms with E-state index >= 15 is 0 Å². The Bertz CT molecular complexity index is 442. The molecule has 1 aromatic rings. The molecule has 1 aliphatic carbocycles. The first-order valence-corrected chi connectivity index (χ1v) is 8.59. The van der Waals surface area contributed by atoms with Gasteiger partial charge in [-0.25, -0.2) is 0 Å². The minimum atomic E-state index is 0.663. The summed E-state index contributed by atoms with van der Waals surface area (Å²) in [4.78, 5) is 2.38. The van der Waals surface area contributed by atoms with Gasteiger partial charge >= 0.3 is 0 Å². The van der Waals surface area contributed by atoms with E-state index in [0.29, 0.717) is 6.04 Å². The Labute approximate surface area is 124 Å². The van der Waals surface area contributed by atoms with Gasteiger partial charge in [-0.05, 0) is 42.7 Å². The monoisotopic (exact) mass is 296 g/mol. The van der Waals surface area contributed by atoms with Crippen LogP contribution in [-0.4, -0.2) is 30.6 Å².